The first-order valence-corrected chi connectivity index (χ1v) is 6.30. The van der Waals surface area contributed by atoms with Gasteiger partial charge in [0.1, 0.15) is 4.88 Å². The predicted molar refractivity (Wildman–Crippen MR) is 69.2 cm³/mol. The van der Waals surface area contributed by atoms with Gasteiger partial charge in [-0.15, -0.1) is 0 Å². The van der Waals surface area contributed by atoms with Crippen molar-refractivity contribution < 1.29 is 4.79 Å². The van der Waals surface area contributed by atoms with E-state index in [0.29, 0.717) is 21.7 Å². The molecule has 0 saturated carbocycles. The van der Waals surface area contributed by atoms with Gasteiger partial charge in [-0.3, -0.25) is 9.59 Å². The van der Waals surface area contributed by atoms with Crippen molar-refractivity contribution in [1.82, 2.24) is 14.8 Å². The normalized spacial score (nSPS) is 10.3. The molecule has 94 valence electrons. The Hall–Kier alpha value is -1.73. The number of aromatic nitrogens is 3. The number of halogens is 1. The minimum absolute atomic E-state index is 0.212. The van der Waals surface area contributed by atoms with Gasteiger partial charge in [-0.05, 0) is 13.0 Å². The molecule has 1 amide bonds. The fraction of sp³-hybridized carbons (Fsp3) is 0.200. The molecular formula is C10H9ClN4O2S. The number of rotatable bonds is 3. The number of carbonyl (C=O) groups is 1. The van der Waals surface area contributed by atoms with E-state index in [4.69, 9.17) is 11.6 Å². The summed E-state index contributed by atoms with van der Waals surface area (Å²) in [5.41, 5.74) is -0.212. The van der Waals surface area contributed by atoms with Gasteiger partial charge in [-0.2, -0.15) is 5.10 Å². The Morgan fingerprint density at radius 1 is 1.56 bits per heavy atom. The van der Waals surface area contributed by atoms with E-state index in [1.807, 2.05) is 0 Å². The smallest absolute Gasteiger partial charge is 0.268 e. The monoisotopic (exact) mass is 284 g/mol. The lowest BCUT2D eigenvalue weighted by molar-refractivity contribution is 0.102. The van der Waals surface area contributed by atoms with Crippen LogP contribution in [-0.4, -0.2) is 20.7 Å². The highest BCUT2D eigenvalue weighted by Gasteiger charge is 2.11. The van der Waals surface area contributed by atoms with Crippen LogP contribution in [0.15, 0.2) is 23.1 Å². The largest absolute Gasteiger partial charge is 0.304 e. The molecule has 6 nitrogen and oxygen atoms in total. The molecule has 8 heteroatoms. The van der Waals surface area contributed by atoms with Crippen LogP contribution in [-0.2, 0) is 6.54 Å². The maximum absolute atomic E-state index is 11.8. The molecule has 0 aromatic carbocycles. The third-order valence-electron chi connectivity index (χ3n) is 2.11. The van der Waals surface area contributed by atoms with E-state index in [9.17, 15) is 9.59 Å². The van der Waals surface area contributed by atoms with E-state index in [-0.39, 0.29) is 11.5 Å². The predicted octanol–water partition coefficient (Wildman–Crippen LogP) is 1.63. The summed E-state index contributed by atoms with van der Waals surface area (Å²) in [4.78, 5) is 27.3. The van der Waals surface area contributed by atoms with E-state index in [2.05, 4.69) is 15.4 Å². The maximum Gasteiger partial charge on any atom is 0.268 e. The summed E-state index contributed by atoms with van der Waals surface area (Å²) in [5, 5.41) is 6.56. The van der Waals surface area contributed by atoms with E-state index >= 15 is 0 Å². The number of nitrogens with zero attached hydrogens (tertiary/aromatic N) is 3. The molecule has 2 rings (SSSR count). The average Bonchev–Trinajstić information content (AvgIpc) is 2.78. The molecule has 1 N–H and O–H groups in total. The number of amides is 1. The van der Waals surface area contributed by atoms with E-state index in [1.165, 1.54) is 23.0 Å². The molecule has 0 fully saturated rings. The Balaban J connectivity index is 2.19. The molecule has 2 aromatic heterocycles. The van der Waals surface area contributed by atoms with Crippen LogP contribution in [0.5, 0.6) is 0 Å². The topological polar surface area (TPSA) is 76.9 Å². The van der Waals surface area contributed by atoms with Crippen molar-refractivity contribution in [2.24, 2.45) is 0 Å². The summed E-state index contributed by atoms with van der Waals surface area (Å²) in [6.07, 6.45) is 1.39. The van der Waals surface area contributed by atoms with Crippen molar-refractivity contribution >= 4 is 34.7 Å². The quantitative estimate of drug-likeness (QED) is 0.929. The Morgan fingerprint density at radius 2 is 2.33 bits per heavy atom. The van der Waals surface area contributed by atoms with Gasteiger partial charge in [0.25, 0.3) is 11.5 Å². The number of thiazole rings is 1. The third kappa shape index (κ3) is 2.74. The lowest BCUT2D eigenvalue weighted by Crippen LogP contribution is -2.23. The summed E-state index contributed by atoms with van der Waals surface area (Å²) >= 11 is 6.72. The Bertz CT molecular complexity index is 637. The van der Waals surface area contributed by atoms with Crippen LogP contribution in [0.1, 0.15) is 16.6 Å². The molecule has 2 aromatic rings. The van der Waals surface area contributed by atoms with Crippen molar-refractivity contribution in [1.29, 1.82) is 0 Å². The number of nitrogens with one attached hydrogen (secondary N) is 1. The summed E-state index contributed by atoms with van der Waals surface area (Å²) < 4.78 is 1.56. The average molecular weight is 285 g/mol. The minimum atomic E-state index is -0.354. The molecule has 0 radical (unpaired) electrons. The van der Waals surface area contributed by atoms with Crippen molar-refractivity contribution in [3.63, 3.8) is 0 Å². The van der Waals surface area contributed by atoms with Gasteiger partial charge in [0.05, 0.1) is 6.20 Å². The molecule has 0 aliphatic heterocycles. The molecular weight excluding hydrogens is 276 g/mol. The summed E-state index contributed by atoms with van der Waals surface area (Å²) in [7, 11) is 0. The zero-order valence-corrected chi connectivity index (χ0v) is 11.0. The lowest BCUT2D eigenvalue weighted by Gasteiger charge is -2.04. The fourth-order valence-corrected chi connectivity index (χ4v) is 2.11. The Morgan fingerprint density at radius 3 is 2.94 bits per heavy atom. The van der Waals surface area contributed by atoms with Gasteiger partial charge in [0.2, 0.25) is 0 Å². The van der Waals surface area contributed by atoms with Crippen LogP contribution < -0.4 is 10.9 Å². The van der Waals surface area contributed by atoms with Crippen LogP contribution in [0.2, 0.25) is 4.47 Å². The second kappa shape index (κ2) is 5.28. The van der Waals surface area contributed by atoms with Crippen LogP contribution in [0, 0.1) is 0 Å². The number of hydrogen-bond acceptors (Lipinski definition) is 5. The van der Waals surface area contributed by atoms with Crippen molar-refractivity contribution in [2.45, 2.75) is 13.5 Å². The molecule has 0 aliphatic rings. The second-order valence-corrected chi connectivity index (χ2v) is 4.92. The van der Waals surface area contributed by atoms with Crippen LogP contribution in [0.25, 0.3) is 0 Å². The number of hydrogen-bond donors (Lipinski definition) is 1. The minimum Gasteiger partial charge on any atom is -0.304 e. The number of carbonyl (C=O) groups excluding carboxylic acids is 1. The lowest BCUT2D eigenvalue weighted by atomic mass is 10.4. The van der Waals surface area contributed by atoms with Gasteiger partial charge < -0.3 is 5.32 Å². The van der Waals surface area contributed by atoms with Gasteiger partial charge in [-0.1, -0.05) is 22.9 Å². The molecule has 0 unspecified atom stereocenters. The fourth-order valence-electron chi connectivity index (χ4n) is 1.28. The van der Waals surface area contributed by atoms with Crippen LogP contribution in [0.3, 0.4) is 0 Å². The summed E-state index contributed by atoms with van der Waals surface area (Å²) in [6, 6.07) is 2.81. The molecule has 0 spiro atoms. The zero-order chi connectivity index (χ0) is 13.1. The molecule has 2 heterocycles. The van der Waals surface area contributed by atoms with Crippen LogP contribution in [0.4, 0.5) is 5.82 Å². The first kappa shape index (κ1) is 12.7. The first-order valence-electron chi connectivity index (χ1n) is 5.11. The highest BCUT2D eigenvalue weighted by atomic mass is 35.5. The van der Waals surface area contributed by atoms with Crippen molar-refractivity contribution in [3.8, 4) is 0 Å². The number of anilines is 1. The highest BCUT2D eigenvalue weighted by Crippen LogP contribution is 2.18. The standard InChI is InChI=1S/C10H9ClN4O2S/c1-2-15-8(16)4-3-7(14-15)13-9(17)6-5-12-10(11)18-6/h3-5H,2H2,1H3,(H,13,14,17). The van der Waals surface area contributed by atoms with Gasteiger partial charge >= 0.3 is 0 Å². The molecule has 0 saturated heterocycles. The summed E-state index contributed by atoms with van der Waals surface area (Å²) in [5.74, 6) is -0.0424. The second-order valence-electron chi connectivity index (χ2n) is 3.30. The van der Waals surface area contributed by atoms with E-state index < -0.39 is 0 Å². The van der Waals surface area contributed by atoms with E-state index in [0.717, 1.165) is 11.3 Å². The molecule has 0 atom stereocenters. The Labute approximate surface area is 111 Å². The van der Waals surface area contributed by atoms with Crippen LogP contribution >= 0.6 is 22.9 Å². The summed E-state index contributed by atoms with van der Waals surface area (Å²) in [6.45, 7) is 2.23. The SMILES string of the molecule is CCn1nc(NC(=O)c2cnc(Cl)s2)ccc1=O. The number of aryl methyl sites for hydroxylation is 1. The zero-order valence-electron chi connectivity index (χ0n) is 9.38. The third-order valence-corrected chi connectivity index (χ3v) is 3.22. The first-order chi connectivity index (χ1) is 8.60. The Kier molecular flexibility index (Phi) is 3.73. The van der Waals surface area contributed by atoms with Crippen molar-refractivity contribution in [3.05, 3.63) is 38.0 Å². The molecule has 0 bridgehead atoms. The van der Waals surface area contributed by atoms with E-state index in [1.54, 1.807) is 6.92 Å². The van der Waals surface area contributed by atoms with Crippen molar-refractivity contribution in [2.75, 3.05) is 5.32 Å². The molecule has 18 heavy (non-hydrogen) atoms. The van der Waals surface area contributed by atoms with Gasteiger partial charge in [-0.25, -0.2) is 9.67 Å². The van der Waals surface area contributed by atoms with Gasteiger partial charge in [0.15, 0.2) is 10.3 Å². The highest BCUT2D eigenvalue weighted by molar-refractivity contribution is 7.17. The molecule has 0 aliphatic carbocycles. The maximum atomic E-state index is 11.8. The van der Waals surface area contributed by atoms with Gasteiger partial charge in [0, 0.05) is 12.6 Å².